The lowest BCUT2D eigenvalue weighted by Crippen LogP contribution is -2.48. The predicted octanol–water partition coefficient (Wildman–Crippen LogP) is 0.912. The van der Waals surface area contributed by atoms with E-state index in [-0.39, 0.29) is 11.3 Å². The molecule has 1 saturated heterocycles. The number of nitrogens with two attached hydrogens (primary N) is 1. The van der Waals surface area contributed by atoms with Gasteiger partial charge in [-0.05, 0) is 31.2 Å². The minimum atomic E-state index is -0.0779. The number of aryl methyl sites for hydroxylation is 2. The van der Waals surface area contributed by atoms with Crippen LogP contribution in [0.4, 0.5) is 5.95 Å². The molecule has 0 aromatic carbocycles. The molecule has 7 heteroatoms. The summed E-state index contributed by atoms with van der Waals surface area (Å²) < 4.78 is 1.77. The Morgan fingerprint density at radius 1 is 1.35 bits per heavy atom. The van der Waals surface area contributed by atoms with E-state index in [0.29, 0.717) is 18.3 Å². The number of fused-ring (bicyclic) bond motifs is 2. The number of hydrogen-bond acceptors (Lipinski definition) is 5. The van der Waals surface area contributed by atoms with E-state index in [9.17, 15) is 4.79 Å². The second-order valence-corrected chi connectivity index (χ2v) is 6.57. The number of hydrogen-bond donors (Lipinski definition) is 1. The van der Waals surface area contributed by atoms with Crippen molar-refractivity contribution in [3.63, 3.8) is 0 Å². The molecule has 1 spiro atoms. The summed E-state index contributed by atoms with van der Waals surface area (Å²) in [5.41, 5.74) is 7.93. The third-order valence-corrected chi connectivity index (χ3v) is 5.13. The number of anilines is 1. The second-order valence-electron chi connectivity index (χ2n) is 6.57. The van der Waals surface area contributed by atoms with Crippen molar-refractivity contribution in [1.29, 1.82) is 0 Å². The first kappa shape index (κ1) is 14.2. The highest BCUT2D eigenvalue weighted by Gasteiger charge is 2.45. The third-order valence-electron chi connectivity index (χ3n) is 5.13. The van der Waals surface area contributed by atoms with E-state index < -0.39 is 0 Å². The SMILES string of the molecule is Cn1ccnc1C(=O)N1CCCC2(CCc3cnc(N)nc32)C1. The lowest BCUT2D eigenvalue weighted by molar-refractivity contribution is 0.0617. The van der Waals surface area contributed by atoms with Crippen molar-refractivity contribution in [2.75, 3.05) is 18.8 Å². The first-order valence-electron chi connectivity index (χ1n) is 7.97. The van der Waals surface area contributed by atoms with Crippen LogP contribution in [-0.2, 0) is 18.9 Å². The van der Waals surface area contributed by atoms with Crippen LogP contribution in [-0.4, -0.2) is 43.4 Å². The van der Waals surface area contributed by atoms with Gasteiger partial charge in [0.05, 0.1) is 5.69 Å². The van der Waals surface area contributed by atoms with Crippen molar-refractivity contribution in [1.82, 2.24) is 24.4 Å². The van der Waals surface area contributed by atoms with Crippen molar-refractivity contribution >= 4 is 11.9 Å². The maximum absolute atomic E-state index is 12.8. The van der Waals surface area contributed by atoms with Crippen molar-refractivity contribution in [3.05, 3.63) is 35.7 Å². The van der Waals surface area contributed by atoms with Crippen LogP contribution in [0.1, 0.15) is 41.1 Å². The summed E-state index contributed by atoms with van der Waals surface area (Å²) in [4.78, 5) is 27.5. The topological polar surface area (TPSA) is 89.9 Å². The van der Waals surface area contributed by atoms with E-state index in [1.807, 2.05) is 18.1 Å². The van der Waals surface area contributed by atoms with Gasteiger partial charge in [-0.15, -0.1) is 0 Å². The molecule has 4 rings (SSSR count). The number of rotatable bonds is 1. The van der Waals surface area contributed by atoms with Crippen molar-refractivity contribution < 1.29 is 4.79 Å². The normalized spacial score (nSPS) is 23.3. The van der Waals surface area contributed by atoms with E-state index in [1.54, 1.807) is 17.0 Å². The van der Waals surface area contributed by atoms with E-state index in [0.717, 1.165) is 37.9 Å². The Morgan fingerprint density at radius 3 is 3.00 bits per heavy atom. The van der Waals surface area contributed by atoms with Crippen LogP contribution in [0.15, 0.2) is 18.6 Å². The van der Waals surface area contributed by atoms with Gasteiger partial charge in [-0.3, -0.25) is 4.79 Å². The summed E-state index contributed by atoms with van der Waals surface area (Å²) in [6, 6.07) is 0. The molecule has 3 heterocycles. The average molecular weight is 312 g/mol. The molecule has 1 fully saturated rings. The smallest absolute Gasteiger partial charge is 0.289 e. The second kappa shape index (κ2) is 5.04. The Bertz CT molecular complexity index is 766. The zero-order chi connectivity index (χ0) is 16.0. The van der Waals surface area contributed by atoms with Gasteiger partial charge in [0.1, 0.15) is 0 Å². The Balaban J connectivity index is 1.65. The molecule has 0 saturated carbocycles. The Morgan fingerprint density at radius 2 is 2.22 bits per heavy atom. The highest BCUT2D eigenvalue weighted by atomic mass is 16.2. The van der Waals surface area contributed by atoms with Crippen LogP contribution in [0.2, 0.25) is 0 Å². The number of nitrogens with zero attached hydrogens (tertiary/aromatic N) is 5. The quantitative estimate of drug-likeness (QED) is 0.845. The van der Waals surface area contributed by atoms with E-state index >= 15 is 0 Å². The van der Waals surface area contributed by atoms with Gasteiger partial charge < -0.3 is 15.2 Å². The average Bonchev–Trinajstić information content (AvgIpc) is 3.12. The summed E-state index contributed by atoms with van der Waals surface area (Å²) in [5, 5.41) is 0. The standard InChI is InChI=1S/C16H20N6O/c1-21-8-6-18-13(21)14(23)22-7-2-4-16(10-22)5-3-11-9-19-15(17)20-12(11)16/h6,8-9H,2-5,7,10H2,1H3,(H2,17,19,20). The monoisotopic (exact) mass is 312 g/mol. The number of carbonyl (C=O) groups excluding carboxylic acids is 1. The van der Waals surface area contributed by atoms with Crippen LogP contribution in [0, 0.1) is 0 Å². The molecule has 1 amide bonds. The molecule has 7 nitrogen and oxygen atoms in total. The lowest BCUT2D eigenvalue weighted by Gasteiger charge is -2.40. The van der Waals surface area contributed by atoms with Gasteiger partial charge in [0.15, 0.2) is 5.82 Å². The zero-order valence-electron chi connectivity index (χ0n) is 13.2. The number of likely N-dealkylation sites (tertiary alicyclic amines) is 1. The first-order valence-corrected chi connectivity index (χ1v) is 7.97. The molecule has 2 N–H and O–H groups in total. The Labute approximate surface area is 134 Å². The molecule has 1 aliphatic heterocycles. The number of piperidine rings is 1. The number of amides is 1. The summed E-state index contributed by atoms with van der Waals surface area (Å²) in [6.45, 7) is 1.45. The highest BCUT2D eigenvalue weighted by molar-refractivity contribution is 5.91. The molecule has 1 atom stereocenters. The zero-order valence-corrected chi connectivity index (χ0v) is 13.2. The minimum absolute atomic E-state index is 0.00736. The third kappa shape index (κ3) is 2.18. The van der Waals surface area contributed by atoms with Crippen LogP contribution >= 0.6 is 0 Å². The van der Waals surface area contributed by atoms with E-state index in [4.69, 9.17) is 5.73 Å². The van der Waals surface area contributed by atoms with Crippen molar-refractivity contribution in [3.8, 4) is 0 Å². The van der Waals surface area contributed by atoms with Gasteiger partial charge in [-0.1, -0.05) is 0 Å². The molecule has 2 aromatic rings. The fraction of sp³-hybridized carbons (Fsp3) is 0.500. The van der Waals surface area contributed by atoms with E-state index in [2.05, 4.69) is 15.0 Å². The summed E-state index contributed by atoms with van der Waals surface area (Å²) >= 11 is 0. The number of nitrogen functional groups attached to an aromatic ring is 1. The van der Waals surface area contributed by atoms with Gasteiger partial charge in [0.2, 0.25) is 5.95 Å². The number of carbonyl (C=O) groups is 1. The number of aromatic nitrogens is 4. The van der Waals surface area contributed by atoms with Crippen molar-refractivity contribution in [2.45, 2.75) is 31.1 Å². The first-order chi connectivity index (χ1) is 11.1. The number of imidazole rings is 1. The fourth-order valence-corrected chi connectivity index (χ4v) is 3.97. The van der Waals surface area contributed by atoms with Crippen LogP contribution < -0.4 is 5.73 Å². The predicted molar refractivity (Wildman–Crippen MR) is 84.8 cm³/mol. The molecule has 2 aromatic heterocycles. The van der Waals surface area contributed by atoms with Gasteiger partial charge in [-0.2, -0.15) is 0 Å². The van der Waals surface area contributed by atoms with Gasteiger partial charge >= 0.3 is 0 Å². The van der Waals surface area contributed by atoms with Gasteiger partial charge in [-0.25, -0.2) is 15.0 Å². The summed E-state index contributed by atoms with van der Waals surface area (Å²) in [6.07, 6.45) is 9.27. The summed E-state index contributed by atoms with van der Waals surface area (Å²) in [7, 11) is 1.85. The molecule has 2 aliphatic rings. The van der Waals surface area contributed by atoms with E-state index in [1.165, 1.54) is 5.56 Å². The highest BCUT2D eigenvalue weighted by Crippen LogP contribution is 2.44. The molecule has 0 radical (unpaired) electrons. The lowest BCUT2D eigenvalue weighted by atomic mass is 9.77. The van der Waals surface area contributed by atoms with Crippen molar-refractivity contribution in [2.24, 2.45) is 7.05 Å². The van der Waals surface area contributed by atoms with Crippen LogP contribution in [0.25, 0.3) is 0 Å². The fourth-order valence-electron chi connectivity index (χ4n) is 3.97. The largest absolute Gasteiger partial charge is 0.368 e. The van der Waals surface area contributed by atoms with Crippen LogP contribution in [0.5, 0.6) is 0 Å². The Kier molecular flexibility index (Phi) is 3.11. The molecule has 23 heavy (non-hydrogen) atoms. The van der Waals surface area contributed by atoms with Gasteiger partial charge in [0.25, 0.3) is 5.91 Å². The van der Waals surface area contributed by atoms with Crippen LogP contribution in [0.3, 0.4) is 0 Å². The Hall–Kier alpha value is -2.44. The molecular weight excluding hydrogens is 292 g/mol. The molecule has 1 unspecified atom stereocenters. The molecule has 1 aliphatic carbocycles. The minimum Gasteiger partial charge on any atom is -0.368 e. The molecule has 120 valence electrons. The van der Waals surface area contributed by atoms with Gasteiger partial charge in [0, 0.05) is 44.1 Å². The maximum Gasteiger partial charge on any atom is 0.289 e. The molecule has 0 bridgehead atoms. The summed E-state index contributed by atoms with van der Waals surface area (Å²) in [5.74, 6) is 0.798. The maximum atomic E-state index is 12.8. The molecular formula is C16H20N6O.